The summed E-state index contributed by atoms with van der Waals surface area (Å²) in [6, 6.07) is 1.04. The van der Waals surface area contributed by atoms with Gasteiger partial charge in [0, 0.05) is 31.7 Å². The molecule has 1 spiro atoms. The molecule has 21 heavy (non-hydrogen) atoms. The quantitative estimate of drug-likeness (QED) is 0.843. The van der Waals surface area contributed by atoms with Gasteiger partial charge < -0.3 is 14.8 Å². The second-order valence-electron chi connectivity index (χ2n) is 7.46. The van der Waals surface area contributed by atoms with Gasteiger partial charge in [0.05, 0.1) is 24.9 Å². The van der Waals surface area contributed by atoms with Gasteiger partial charge in [-0.15, -0.1) is 0 Å². The molecule has 2 heterocycles. The zero-order chi connectivity index (χ0) is 14.7. The van der Waals surface area contributed by atoms with Crippen LogP contribution in [-0.2, 0) is 9.47 Å². The molecule has 2 aliphatic heterocycles. The van der Waals surface area contributed by atoms with Gasteiger partial charge in [0.2, 0.25) is 0 Å². The fraction of sp³-hybridized carbons (Fsp3) is 1.00. The van der Waals surface area contributed by atoms with Crippen LogP contribution in [-0.4, -0.2) is 61.5 Å². The lowest BCUT2D eigenvalue weighted by Crippen LogP contribution is -2.53. The van der Waals surface area contributed by atoms with Crippen LogP contribution in [0.1, 0.15) is 52.4 Å². The van der Waals surface area contributed by atoms with Gasteiger partial charge in [-0.2, -0.15) is 0 Å². The smallest absolute Gasteiger partial charge is 0.0710 e. The minimum atomic E-state index is 0.267. The molecule has 2 saturated heterocycles. The summed E-state index contributed by atoms with van der Waals surface area (Å²) in [4.78, 5) is 2.59. The Morgan fingerprint density at radius 1 is 1.24 bits per heavy atom. The zero-order valence-electron chi connectivity index (χ0n) is 13.8. The fourth-order valence-corrected chi connectivity index (χ4v) is 4.16. The molecule has 1 saturated carbocycles. The Morgan fingerprint density at radius 2 is 2.05 bits per heavy atom. The number of nitrogens with zero attached hydrogens (tertiary/aromatic N) is 1. The highest BCUT2D eigenvalue weighted by Crippen LogP contribution is 2.43. The molecule has 0 aromatic carbocycles. The van der Waals surface area contributed by atoms with E-state index in [0.29, 0.717) is 18.2 Å². The Kier molecular flexibility index (Phi) is 5.20. The van der Waals surface area contributed by atoms with Gasteiger partial charge in [-0.25, -0.2) is 0 Å². The Morgan fingerprint density at radius 3 is 2.81 bits per heavy atom. The van der Waals surface area contributed by atoms with Gasteiger partial charge in [0.15, 0.2) is 0 Å². The Labute approximate surface area is 129 Å². The number of rotatable bonds is 5. The molecule has 0 amide bonds. The van der Waals surface area contributed by atoms with Crippen molar-refractivity contribution >= 4 is 0 Å². The third-order valence-electron chi connectivity index (χ3n) is 5.40. The molecule has 122 valence electrons. The summed E-state index contributed by atoms with van der Waals surface area (Å²) in [5.74, 6) is 0. The van der Waals surface area contributed by atoms with Gasteiger partial charge in [-0.05, 0) is 25.7 Å². The Balaban J connectivity index is 1.50. The molecular weight excluding hydrogens is 264 g/mol. The normalized spacial score (nSPS) is 33.3. The lowest BCUT2D eigenvalue weighted by molar-refractivity contribution is -0.0712. The number of hydrogen-bond donors (Lipinski definition) is 1. The maximum atomic E-state index is 6.48. The van der Waals surface area contributed by atoms with Crippen molar-refractivity contribution in [2.45, 2.75) is 76.2 Å². The summed E-state index contributed by atoms with van der Waals surface area (Å²) < 4.78 is 12.2. The predicted octanol–water partition coefficient (Wildman–Crippen LogP) is 2.18. The Bertz CT molecular complexity index is 329. The van der Waals surface area contributed by atoms with E-state index in [0.717, 1.165) is 32.8 Å². The molecule has 3 fully saturated rings. The third kappa shape index (κ3) is 3.98. The van der Waals surface area contributed by atoms with Crippen LogP contribution in [0.3, 0.4) is 0 Å². The average Bonchev–Trinajstić information content (AvgIpc) is 3.09. The first-order valence-corrected chi connectivity index (χ1v) is 8.90. The molecule has 0 radical (unpaired) electrons. The standard InChI is InChI=1S/C17H32N2O2/c1-14(2)18-11-15-13-20-10-9-19(15)12-16-5-8-17(21-16)6-3-4-7-17/h14-16,18H,3-13H2,1-2H3. The minimum Gasteiger partial charge on any atom is -0.378 e. The van der Waals surface area contributed by atoms with Gasteiger partial charge in [-0.1, -0.05) is 26.7 Å². The molecule has 1 aliphatic carbocycles. The molecule has 1 N–H and O–H groups in total. The predicted molar refractivity (Wildman–Crippen MR) is 84.6 cm³/mol. The van der Waals surface area contributed by atoms with Crippen LogP contribution < -0.4 is 5.32 Å². The lowest BCUT2D eigenvalue weighted by Gasteiger charge is -2.37. The Hall–Kier alpha value is -0.160. The van der Waals surface area contributed by atoms with Crippen LogP contribution >= 0.6 is 0 Å². The van der Waals surface area contributed by atoms with Crippen LogP contribution in [0.4, 0.5) is 0 Å². The molecule has 0 aromatic rings. The second kappa shape index (κ2) is 6.95. The number of hydrogen-bond acceptors (Lipinski definition) is 4. The molecule has 2 unspecified atom stereocenters. The third-order valence-corrected chi connectivity index (χ3v) is 5.40. The zero-order valence-corrected chi connectivity index (χ0v) is 13.8. The summed E-state index contributed by atoms with van der Waals surface area (Å²) in [6.45, 7) is 9.31. The van der Waals surface area contributed by atoms with E-state index in [1.165, 1.54) is 38.5 Å². The van der Waals surface area contributed by atoms with Gasteiger partial charge in [0.25, 0.3) is 0 Å². The van der Waals surface area contributed by atoms with Crippen molar-refractivity contribution in [3.63, 3.8) is 0 Å². The first kappa shape index (κ1) is 15.7. The maximum Gasteiger partial charge on any atom is 0.0710 e. The minimum absolute atomic E-state index is 0.267. The summed E-state index contributed by atoms with van der Waals surface area (Å²) in [5, 5.41) is 3.56. The van der Waals surface area contributed by atoms with Crippen molar-refractivity contribution in [3.8, 4) is 0 Å². The first-order chi connectivity index (χ1) is 10.2. The number of nitrogens with one attached hydrogen (secondary N) is 1. The summed E-state index contributed by atoms with van der Waals surface area (Å²) in [5.41, 5.74) is 0.267. The van der Waals surface area contributed by atoms with Crippen molar-refractivity contribution in [3.05, 3.63) is 0 Å². The first-order valence-electron chi connectivity index (χ1n) is 8.90. The summed E-state index contributed by atoms with van der Waals surface area (Å²) in [6.07, 6.45) is 8.31. The number of morpholine rings is 1. The molecule has 3 rings (SSSR count). The molecule has 4 heteroatoms. The average molecular weight is 296 g/mol. The van der Waals surface area contributed by atoms with E-state index in [2.05, 4.69) is 24.1 Å². The molecule has 2 atom stereocenters. The summed E-state index contributed by atoms with van der Waals surface area (Å²) >= 11 is 0. The van der Waals surface area contributed by atoms with Gasteiger partial charge in [0.1, 0.15) is 0 Å². The monoisotopic (exact) mass is 296 g/mol. The second-order valence-corrected chi connectivity index (χ2v) is 7.46. The highest BCUT2D eigenvalue weighted by Gasteiger charge is 2.43. The van der Waals surface area contributed by atoms with E-state index < -0.39 is 0 Å². The van der Waals surface area contributed by atoms with Gasteiger partial charge >= 0.3 is 0 Å². The van der Waals surface area contributed by atoms with E-state index in [-0.39, 0.29) is 5.60 Å². The molecule has 4 nitrogen and oxygen atoms in total. The molecule has 3 aliphatic rings. The van der Waals surface area contributed by atoms with E-state index in [4.69, 9.17) is 9.47 Å². The fourth-order valence-electron chi connectivity index (χ4n) is 4.16. The maximum absolute atomic E-state index is 6.48. The lowest BCUT2D eigenvalue weighted by atomic mass is 9.98. The highest BCUT2D eigenvalue weighted by atomic mass is 16.5. The van der Waals surface area contributed by atoms with Crippen LogP contribution in [0.25, 0.3) is 0 Å². The molecule has 0 aromatic heterocycles. The largest absolute Gasteiger partial charge is 0.378 e. The number of ether oxygens (including phenoxy) is 2. The van der Waals surface area contributed by atoms with E-state index in [9.17, 15) is 0 Å². The van der Waals surface area contributed by atoms with Crippen molar-refractivity contribution in [1.29, 1.82) is 0 Å². The van der Waals surface area contributed by atoms with Crippen LogP contribution in [0.15, 0.2) is 0 Å². The van der Waals surface area contributed by atoms with Gasteiger partial charge in [-0.3, -0.25) is 4.90 Å². The van der Waals surface area contributed by atoms with Crippen molar-refractivity contribution < 1.29 is 9.47 Å². The highest BCUT2D eigenvalue weighted by molar-refractivity contribution is 4.94. The van der Waals surface area contributed by atoms with Crippen LogP contribution in [0, 0.1) is 0 Å². The van der Waals surface area contributed by atoms with E-state index in [1.54, 1.807) is 0 Å². The van der Waals surface area contributed by atoms with Crippen molar-refractivity contribution in [2.75, 3.05) is 32.8 Å². The van der Waals surface area contributed by atoms with Crippen LogP contribution in [0.2, 0.25) is 0 Å². The van der Waals surface area contributed by atoms with Crippen molar-refractivity contribution in [1.82, 2.24) is 10.2 Å². The summed E-state index contributed by atoms with van der Waals surface area (Å²) in [7, 11) is 0. The SMILES string of the molecule is CC(C)NCC1COCCN1CC1CCC2(CCCC2)O1. The molecular formula is C17H32N2O2. The molecule has 0 bridgehead atoms. The van der Waals surface area contributed by atoms with E-state index in [1.807, 2.05) is 0 Å². The topological polar surface area (TPSA) is 33.7 Å². The van der Waals surface area contributed by atoms with Crippen molar-refractivity contribution in [2.24, 2.45) is 0 Å². The van der Waals surface area contributed by atoms with Crippen LogP contribution in [0.5, 0.6) is 0 Å². The van der Waals surface area contributed by atoms with E-state index >= 15 is 0 Å².